The molecule has 2 atom stereocenters. The first-order valence-electron chi connectivity index (χ1n) is 7.69. The van der Waals surface area contributed by atoms with Crippen molar-refractivity contribution in [3.63, 3.8) is 0 Å². The summed E-state index contributed by atoms with van der Waals surface area (Å²) < 4.78 is 8.08. The van der Waals surface area contributed by atoms with E-state index in [9.17, 15) is 0 Å². The van der Waals surface area contributed by atoms with Crippen LogP contribution < -0.4 is 0 Å². The number of unbranched alkanes of at least 4 members (excludes halogenated alkanes) is 4. The van der Waals surface area contributed by atoms with E-state index < -0.39 is 5.62 Å². The summed E-state index contributed by atoms with van der Waals surface area (Å²) in [5.74, 6) is 0. The minimum atomic E-state index is -2.03. The molecule has 0 spiro atoms. The van der Waals surface area contributed by atoms with Crippen LogP contribution in [0, 0.1) is 0 Å². The predicted molar refractivity (Wildman–Crippen MR) is 102 cm³/mol. The fraction of sp³-hybridized carbons (Fsp3) is 0.929. The van der Waals surface area contributed by atoms with E-state index in [-0.39, 0.29) is 0 Å². The summed E-state index contributed by atoms with van der Waals surface area (Å²) in [5.41, 5.74) is -0.306. The van der Waals surface area contributed by atoms with Gasteiger partial charge < -0.3 is 9.19 Å². The van der Waals surface area contributed by atoms with Gasteiger partial charge in [-0.25, -0.2) is 0 Å². The molecule has 0 amide bonds. The van der Waals surface area contributed by atoms with Crippen LogP contribution in [-0.2, 0) is 16.3 Å². The van der Waals surface area contributed by atoms with Gasteiger partial charge in [-0.2, -0.15) is 0 Å². The lowest BCUT2D eigenvalue weighted by Gasteiger charge is -2.33. The second-order valence-electron chi connectivity index (χ2n) is 4.89. The van der Waals surface area contributed by atoms with Gasteiger partial charge in [0.25, 0.3) is 0 Å². The Kier molecular flexibility index (Phi) is 12.9. The van der Waals surface area contributed by atoms with Crippen molar-refractivity contribution in [2.24, 2.45) is 0 Å². The molecule has 2 nitrogen and oxygen atoms in total. The summed E-state index contributed by atoms with van der Waals surface area (Å²) >= 11 is 12.8. The zero-order valence-electron chi connectivity index (χ0n) is 13.3. The van der Waals surface area contributed by atoms with Crippen molar-refractivity contribution in [1.82, 2.24) is 4.67 Å². The molecule has 0 saturated carbocycles. The first-order valence-corrected chi connectivity index (χ1v) is 12.3. The van der Waals surface area contributed by atoms with Crippen LogP contribution in [0.2, 0.25) is 0 Å². The summed E-state index contributed by atoms with van der Waals surface area (Å²) in [5, 5.41) is 0.518. The van der Waals surface area contributed by atoms with Crippen molar-refractivity contribution in [2.45, 2.75) is 71.5 Å². The average molecular weight is 356 g/mol. The van der Waals surface area contributed by atoms with E-state index in [0.29, 0.717) is 11.9 Å². The number of nitrogens with zero attached hydrogens (tertiary/aromatic N) is 1. The van der Waals surface area contributed by atoms with Crippen LogP contribution in [0.25, 0.3) is 0 Å². The van der Waals surface area contributed by atoms with E-state index in [1.54, 1.807) is 16.9 Å². The number of thiocarbonyl (C=S) groups is 1. The minimum absolute atomic E-state index is 0.518. The third kappa shape index (κ3) is 8.33. The summed E-state index contributed by atoms with van der Waals surface area (Å²) in [6, 6.07) is 0. The van der Waals surface area contributed by atoms with Gasteiger partial charge in [0, 0.05) is 11.8 Å². The molecule has 120 valence electrons. The molecule has 0 aliphatic heterocycles. The van der Waals surface area contributed by atoms with E-state index >= 15 is 0 Å². The van der Waals surface area contributed by atoms with E-state index in [2.05, 4.69) is 25.4 Å². The molecule has 0 heterocycles. The maximum Gasteiger partial charge on any atom is 0.213 e. The largest absolute Gasteiger partial charge is 0.327 e. The van der Waals surface area contributed by atoms with Crippen LogP contribution in [0.3, 0.4) is 0 Å². The molecule has 0 aromatic heterocycles. The van der Waals surface area contributed by atoms with Crippen molar-refractivity contribution in [2.75, 3.05) is 13.2 Å². The van der Waals surface area contributed by atoms with Gasteiger partial charge in [-0.05, 0) is 31.6 Å². The molecular weight excluding hydrogens is 325 g/mol. The highest BCUT2D eigenvalue weighted by atomic mass is 32.9. The fourth-order valence-corrected chi connectivity index (χ4v) is 9.45. The van der Waals surface area contributed by atoms with E-state index in [4.69, 9.17) is 28.5 Å². The summed E-state index contributed by atoms with van der Waals surface area (Å²) in [6.07, 6.45) is 7.41. The lowest BCUT2D eigenvalue weighted by molar-refractivity contribution is 0.361. The van der Waals surface area contributed by atoms with Crippen molar-refractivity contribution >= 4 is 46.5 Å². The molecule has 6 heteroatoms. The molecule has 0 saturated heterocycles. The highest BCUT2D eigenvalue weighted by Gasteiger charge is 2.27. The molecule has 0 aliphatic rings. The molecule has 0 aromatic carbocycles. The molecular formula is C14H30NOPS3. The maximum atomic E-state index is 5.95. The Hall–Kier alpha value is 0.850. The first kappa shape index (κ1) is 20.9. The van der Waals surface area contributed by atoms with Crippen LogP contribution in [-0.4, -0.2) is 28.6 Å². The quantitative estimate of drug-likeness (QED) is 0.227. The van der Waals surface area contributed by atoms with Crippen molar-refractivity contribution in [3.05, 3.63) is 0 Å². The van der Waals surface area contributed by atoms with Crippen molar-refractivity contribution in [1.29, 1.82) is 0 Å². The third-order valence-electron chi connectivity index (χ3n) is 3.11. The Morgan fingerprint density at radius 2 is 1.85 bits per heavy atom. The number of hydrogen-bond acceptors (Lipinski definition) is 4. The normalized spacial score (nSPS) is 15.6. The lowest BCUT2D eigenvalue weighted by atomic mass is 10.1. The zero-order chi connectivity index (χ0) is 15.4. The van der Waals surface area contributed by atoms with Crippen molar-refractivity contribution < 1.29 is 4.52 Å². The van der Waals surface area contributed by atoms with E-state index in [1.165, 1.54) is 25.7 Å². The Labute approximate surface area is 140 Å². The van der Waals surface area contributed by atoms with Crippen LogP contribution in [0.4, 0.5) is 0 Å². The average Bonchev–Trinajstić information content (AvgIpc) is 2.42. The van der Waals surface area contributed by atoms with Crippen LogP contribution >= 0.6 is 29.2 Å². The molecule has 0 rings (SSSR count). The lowest BCUT2D eigenvalue weighted by Crippen LogP contribution is -2.20. The minimum Gasteiger partial charge on any atom is -0.327 e. The summed E-state index contributed by atoms with van der Waals surface area (Å²) in [6.45, 7) is 10.3. The summed E-state index contributed by atoms with van der Waals surface area (Å²) in [4.78, 5) is 0. The number of rotatable bonds is 13. The maximum absolute atomic E-state index is 5.95. The smallest absolute Gasteiger partial charge is 0.213 e. The SMILES string of the molecule is CCCCCCCN(C=S)P(=S)(OCC)SC(C)CC. The molecule has 0 aromatic rings. The standard InChI is InChI=1S/C14H30NOPS3/c1-5-8-9-10-11-12-15(13-18)17(19,16-7-3)20-14(4)6-2/h13-14H,5-12H2,1-4H3. The highest BCUT2D eigenvalue weighted by Crippen LogP contribution is 2.64. The van der Waals surface area contributed by atoms with E-state index in [0.717, 1.165) is 19.4 Å². The molecule has 2 unspecified atom stereocenters. The van der Waals surface area contributed by atoms with Crippen molar-refractivity contribution in [3.8, 4) is 0 Å². The summed E-state index contributed by atoms with van der Waals surface area (Å²) in [7, 11) is 0. The van der Waals surface area contributed by atoms with Gasteiger partial charge in [0.1, 0.15) is 0 Å². The molecule has 0 fully saturated rings. The molecule has 0 radical (unpaired) electrons. The Balaban J connectivity index is 4.50. The Bertz CT molecular complexity index is 302. The van der Waals surface area contributed by atoms with Gasteiger partial charge in [-0.1, -0.05) is 70.1 Å². The van der Waals surface area contributed by atoms with Gasteiger partial charge in [0.15, 0.2) is 0 Å². The van der Waals surface area contributed by atoms with Crippen LogP contribution in [0.5, 0.6) is 0 Å². The molecule has 20 heavy (non-hydrogen) atoms. The van der Waals surface area contributed by atoms with Gasteiger partial charge in [0.2, 0.25) is 5.62 Å². The van der Waals surface area contributed by atoms with Gasteiger partial charge in [0.05, 0.1) is 12.1 Å². The second-order valence-corrected chi connectivity index (χ2v) is 12.1. The molecule has 0 bridgehead atoms. The van der Waals surface area contributed by atoms with Gasteiger partial charge in [-0.3, -0.25) is 0 Å². The fourth-order valence-electron chi connectivity index (χ4n) is 1.74. The molecule has 0 aliphatic carbocycles. The second kappa shape index (κ2) is 12.4. The number of hydrogen-bond donors (Lipinski definition) is 0. The Morgan fingerprint density at radius 1 is 1.20 bits per heavy atom. The monoisotopic (exact) mass is 355 g/mol. The predicted octanol–water partition coefficient (Wildman–Crippen LogP) is 6.01. The Morgan fingerprint density at radius 3 is 2.35 bits per heavy atom. The van der Waals surface area contributed by atoms with Crippen LogP contribution in [0.15, 0.2) is 0 Å². The van der Waals surface area contributed by atoms with Crippen LogP contribution in [0.1, 0.15) is 66.2 Å². The topological polar surface area (TPSA) is 12.5 Å². The van der Waals surface area contributed by atoms with E-state index in [1.807, 2.05) is 6.92 Å². The zero-order valence-corrected chi connectivity index (χ0v) is 16.7. The van der Waals surface area contributed by atoms with Gasteiger partial charge >= 0.3 is 0 Å². The molecule has 0 N–H and O–H groups in total. The third-order valence-corrected chi connectivity index (χ3v) is 10.6. The highest BCUT2D eigenvalue weighted by molar-refractivity contribution is 8.69. The van der Waals surface area contributed by atoms with Gasteiger partial charge in [-0.15, -0.1) is 0 Å². The first-order chi connectivity index (χ1) is 9.53.